The van der Waals surface area contributed by atoms with Gasteiger partial charge in [-0.3, -0.25) is 9.78 Å². The van der Waals surface area contributed by atoms with Gasteiger partial charge < -0.3 is 10.2 Å². The number of carbonyl (C=O) groups excluding carboxylic acids is 1. The maximum atomic E-state index is 12.1. The van der Waals surface area contributed by atoms with E-state index in [9.17, 15) is 4.79 Å². The molecule has 1 saturated heterocycles. The number of aryl methyl sites for hydroxylation is 1. The van der Waals surface area contributed by atoms with E-state index in [1.54, 1.807) is 16.9 Å². The Hall–Kier alpha value is -3.03. The van der Waals surface area contributed by atoms with Crippen molar-refractivity contribution in [3.8, 4) is 0 Å². The average molecular weight is 351 g/mol. The van der Waals surface area contributed by atoms with Crippen LogP contribution in [0.5, 0.6) is 0 Å². The van der Waals surface area contributed by atoms with Crippen LogP contribution in [0.2, 0.25) is 0 Å². The third kappa shape index (κ3) is 3.63. The van der Waals surface area contributed by atoms with Gasteiger partial charge in [0.1, 0.15) is 5.82 Å². The highest BCUT2D eigenvalue weighted by molar-refractivity contribution is 5.76. The molecule has 4 rings (SSSR count). The summed E-state index contributed by atoms with van der Waals surface area (Å²) < 4.78 is 1.75. The highest BCUT2D eigenvalue weighted by Gasteiger charge is 2.16. The molecule has 4 heterocycles. The van der Waals surface area contributed by atoms with Crippen molar-refractivity contribution in [2.75, 3.05) is 18.0 Å². The summed E-state index contributed by atoms with van der Waals surface area (Å²) in [5.41, 5.74) is 1.68. The smallest absolute Gasteiger partial charge is 0.220 e. The Morgan fingerprint density at radius 1 is 1.15 bits per heavy atom. The first-order valence-electron chi connectivity index (χ1n) is 8.91. The Morgan fingerprint density at radius 2 is 2.04 bits per heavy atom. The number of rotatable bonds is 6. The van der Waals surface area contributed by atoms with E-state index in [1.807, 2.05) is 24.3 Å². The number of amides is 1. The van der Waals surface area contributed by atoms with E-state index < -0.39 is 0 Å². The average Bonchev–Trinajstić information content (AvgIpc) is 3.35. The molecule has 3 aromatic heterocycles. The lowest BCUT2D eigenvalue weighted by atomic mass is 10.2. The second-order valence-electron chi connectivity index (χ2n) is 6.41. The summed E-state index contributed by atoms with van der Waals surface area (Å²) in [7, 11) is 0. The fourth-order valence-corrected chi connectivity index (χ4v) is 3.11. The molecule has 0 spiro atoms. The van der Waals surface area contributed by atoms with Crippen LogP contribution in [0.1, 0.15) is 30.7 Å². The molecular weight excluding hydrogens is 330 g/mol. The molecule has 1 aliphatic rings. The predicted octanol–water partition coefficient (Wildman–Crippen LogP) is 1.37. The molecule has 1 aliphatic heterocycles. The number of hydrogen-bond acceptors (Lipinski definition) is 6. The minimum Gasteiger partial charge on any atom is -0.355 e. The molecule has 8 heteroatoms. The van der Waals surface area contributed by atoms with Crippen LogP contribution in [-0.2, 0) is 17.8 Å². The van der Waals surface area contributed by atoms with Crippen molar-refractivity contribution in [1.29, 1.82) is 0 Å². The van der Waals surface area contributed by atoms with Crippen molar-refractivity contribution in [3.05, 3.63) is 48.0 Å². The van der Waals surface area contributed by atoms with Crippen LogP contribution in [-0.4, -0.2) is 43.8 Å². The predicted molar refractivity (Wildman–Crippen MR) is 96.6 cm³/mol. The number of nitrogens with one attached hydrogen (secondary N) is 1. The zero-order chi connectivity index (χ0) is 17.8. The van der Waals surface area contributed by atoms with Crippen molar-refractivity contribution >= 4 is 17.4 Å². The maximum absolute atomic E-state index is 12.1. The van der Waals surface area contributed by atoms with Crippen LogP contribution in [0, 0.1) is 0 Å². The second-order valence-corrected chi connectivity index (χ2v) is 6.41. The van der Waals surface area contributed by atoms with E-state index in [4.69, 9.17) is 0 Å². The Kier molecular flexibility index (Phi) is 4.72. The lowest BCUT2D eigenvalue weighted by Crippen LogP contribution is -2.23. The Bertz CT molecular complexity index is 887. The van der Waals surface area contributed by atoms with Gasteiger partial charge in [-0.2, -0.15) is 4.52 Å². The van der Waals surface area contributed by atoms with Crippen molar-refractivity contribution in [2.45, 2.75) is 32.2 Å². The molecule has 0 bridgehead atoms. The van der Waals surface area contributed by atoms with Gasteiger partial charge in [-0.15, -0.1) is 15.3 Å². The molecule has 134 valence electrons. The van der Waals surface area contributed by atoms with Crippen LogP contribution < -0.4 is 10.2 Å². The Labute approximate surface area is 151 Å². The summed E-state index contributed by atoms with van der Waals surface area (Å²) in [6.07, 6.45) is 6.70. The van der Waals surface area contributed by atoms with E-state index in [-0.39, 0.29) is 5.91 Å². The largest absolute Gasteiger partial charge is 0.355 e. The van der Waals surface area contributed by atoms with Crippen LogP contribution in [0.25, 0.3) is 5.65 Å². The first kappa shape index (κ1) is 16.4. The lowest BCUT2D eigenvalue weighted by Gasteiger charge is -2.15. The molecule has 1 fully saturated rings. The van der Waals surface area contributed by atoms with Gasteiger partial charge in [0.15, 0.2) is 11.5 Å². The minimum absolute atomic E-state index is 0.0266. The van der Waals surface area contributed by atoms with Gasteiger partial charge in [0.2, 0.25) is 5.91 Å². The summed E-state index contributed by atoms with van der Waals surface area (Å²) in [5, 5.41) is 15.9. The molecule has 0 unspecified atom stereocenters. The molecule has 26 heavy (non-hydrogen) atoms. The first-order valence-corrected chi connectivity index (χ1v) is 8.91. The quantitative estimate of drug-likeness (QED) is 0.722. The minimum atomic E-state index is -0.0266. The number of hydrogen-bond donors (Lipinski definition) is 1. The highest BCUT2D eigenvalue weighted by Crippen LogP contribution is 2.18. The zero-order valence-electron chi connectivity index (χ0n) is 14.5. The fourth-order valence-electron chi connectivity index (χ4n) is 3.11. The van der Waals surface area contributed by atoms with Crippen LogP contribution in [0.3, 0.4) is 0 Å². The number of nitrogens with zero attached hydrogens (tertiary/aromatic N) is 6. The van der Waals surface area contributed by atoms with E-state index in [0.29, 0.717) is 30.9 Å². The third-order valence-corrected chi connectivity index (χ3v) is 4.53. The number of fused-ring (bicyclic) bond motifs is 1. The van der Waals surface area contributed by atoms with E-state index in [2.05, 4.69) is 30.5 Å². The second kappa shape index (κ2) is 7.47. The van der Waals surface area contributed by atoms with E-state index >= 15 is 0 Å². The monoisotopic (exact) mass is 351 g/mol. The molecule has 8 nitrogen and oxygen atoms in total. The van der Waals surface area contributed by atoms with E-state index in [1.165, 1.54) is 12.8 Å². The number of carbonyl (C=O) groups is 1. The highest BCUT2D eigenvalue weighted by atomic mass is 16.1. The lowest BCUT2D eigenvalue weighted by molar-refractivity contribution is -0.121. The molecule has 0 atom stereocenters. The van der Waals surface area contributed by atoms with Gasteiger partial charge >= 0.3 is 0 Å². The molecule has 0 radical (unpaired) electrons. The SMILES string of the molecule is O=C(CCc1nnc2ccc(N3CCCC3)nn12)NCc1cccnc1. The van der Waals surface area contributed by atoms with Crippen LogP contribution in [0.4, 0.5) is 5.82 Å². The summed E-state index contributed by atoms with van der Waals surface area (Å²) >= 11 is 0. The summed E-state index contributed by atoms with van der Waals surface area (Å²) in [6.45, 7) is 2.55. The van der Waals surface area contributed by atoms with Gasteiger partial charge in [-0.05, 0) is 36.6 Å². The van der Waals surface area contributed by atoms with Crippen LogP contribution >= 0.6 is 0 Å². The topological polar surface area (TPSA) is 88.3 Å². The van der Waals surface area contributed by atoms with Gasteiger partial charge in [0.25, 0.3) is 0 Å². The van der Waals surface area contributed by atoms with Gasteiger partial charge in [-0.1, -0.05) is 6.07 Å². The molecule has 1 N–H and O–H groups in total. The number of aromatic nitrogens is 5. The molecular formula is C18H21N7O. The molecule has 0 aromatic carbocycles. The molecule has 0 saturated carbocycles. The van der Waals surface area contributed by atoms with Crippen LogP contribution in [0.15, 0.2) is 36.7 Å². The number of anilines is 1. The molecule has 3 aromatic rings. The Balaban J connectivity index is 1.38. The summed E-state index contributed by atoms with van der Waals surface area (Å²) in [4.78, 5) is 18.4. The standard InChI is InChI=1S/C18H21N7O/c26-18(20-13-14-4-3-9-19-12-14)8-7-16-22-21-15-5-6-17(23-25(15)16)24-10-1-2-11-24/h3-6,9,12H,1-2,7-8,10-11,13H2,(H,20,26). The van der Waals surface area contributed by atoms with Gasteiger partial charge in [0.05, 0.1) is 0 Å². The first-order chi connectivity index (χ1) is 12.8. The number of pyridine rings is 1. The van der Waals surface area contributed by atoms with Crippen molar-refractivity contribution in [2.24, 2.45) is 0 Å². The normalized spacial score (nSPS) is 14.1. The summed E-state index contributed by atoms with van der Waals surface area (Å²) in [6, 6.07) is 7.70. The summed E-state index contributed by atoms with van der Waals surface area (Å²) in [5.74, 6) is 1.62. The maximum Gasteiger partial charge on any atom is 0.220 e. The molecule has 0 aliphatic carbocycles. The van der Waals surface area contributed by atoms with Crippen molar-refractivity contribution < 1.29 is 4.79 Å². The van der Waals surface area contributed by atoms with Crippen molar-refractivity contribution in [1.82, 2.24) is 30.1 Å². The van der Waals surface area contributed by atoms with Gasteiger partial charge in [0, 0.05) is 44.9 Å². The van der Waals surface area contributed by atoms with Crippen molar-refractivity contribution in [3.63, 3.8) is 0 Å². The molecule has 1 amide bonds. The van der Waals surface area contributed by atoms with Gasteiger partial charge in [-0.25, -0.2) is 0 Å². The van der Waals surface area contributed by atoms with E-state index in [0.717, 1.165) is 24.5 Å². The third-order valence-electron chi connectivity index (χ3n) is 4.53. The zero-order valence-corrected chi connectivity index (χ0v) is 14.5. The Morgan fingerprint density at radius 3 is 2.85 bits per heavy atom. The fraction of sp³-hybridized carbons (Fsp3) is 0.389.